The number of carbonyl (C=O) groups is 1. The van der Waals surface area contributed by atoms with Crippen molar-refractivity contribution in [3.8, 4) is 0 Å². The van der Waals surface area contributed by atoms with Gasteiger partial charge in [-0.1, -0.05) is 6.92 Å². The first-order valence-electron chi connectivity index (χ1n) is 5.01. The van der Waals surface area contributed by atoms with Gasteiger partial charge >= 0.3 is 0 Å². The molecular weight excluding hydrogens is 150 g/mol. The topological polar surface area (TPSA) is 29.1 Å². The summed E-state index contributed by atoms with van der Waals surface area (Å²) < 4.78 is 0. The molecule has 0 aromatic carbocycles. The van der Waals surface area contributed by atoms with E-state index in [1.807, 2.05) is 0 Å². The predicted molar refractivity (Wildman–Crippen MR) is 45.4 cm³/mol. The summed E-state index contributed by atoms with van der Waals surface area (Å²) in [6.07, 6.45) is 4.00. The second kappa shape index (κ2) is 1.86. The summed E-state index contributed by atoms with van der Waals surface area (Å²) in [5.41, 5.74) is 0.0307. The fourth-order valence-electron chi connectivity index (χ4n) is 3.84. The summed E-state index contributed by atoms with van der Waals surface area (Å²) in [5, 5.41) is 3.02. The summed E-state index contributed by atoms with van der Waals surface area (Å²) in [7, 11) is 0. The van der Waals surface area contributed by atoms with Crippen molar-refractivity contribution in [3.63, 3.8) is 0 Å². The van der Waals surface area contributed by atoms with Crippen molar-refractivity contribution >= 4 is 5.91 Å². The van der Waals surface area contributed by atoms with Crippen molar-refractivity contribution in [1.82, 2.24) is 5.32 Å². The Morgan fingerprint density at radius 3 is 3.08 bits per heavy atom. The smallest absolute Gasteiger partial charge is 0.226 e. The van der Waals surface area contributed by atoms with Crippen molar-refractivity contribution < 1.29 is 4.79 Å². The second-order valence-corrected chi connectivity index (χ2v) is 4.87. The molecule has 0 unspecified atom stereocenters. The van der Waals surface area contributed by atoms with E-state index < -0.39 is 0 Å². The minimum Gasteiger partial charge on any atom is -0.355 e. The first-order valence-corrected chi connectivity index (χ1v) is 5.01. The molecule has 66 valence electrons. The summed E-state index contributed by atoms with van der Waals surface area (Å²) in [4.78, 5) is 11.7. The molecule has 2 bridgehead atoms. The Morgan fingerprint density at radius 1 is 1.50 bits per heavy atom. The molecule has 12 heavy (non-hydrogen) atoms. The molecule has 1 heterocycles. The van der Waals surface area contributed by atoms with Crippen LogP contribution in [0.4, 0.5) is 0 Å². The lowest BCUT2D eigenvalue weighted by Gasteiger charge is -2.32. The van der Waals surface area contributed by atoms with E-state index in [2.05, 4.69) is 12.2 Å². The van der Waals surface area contributed by atoms with Gasteiger partial charge in [0.05, 0.1) is 5.41 Å². The Balaban J connectivity index is 2.06. The quantitative estimate of drug-likeness (QED) is 0.573. The normalized spacial score (nSPS) is 55.8. The van der Waals surface area contributed by atoms with E-state index in [-0.39, 0.29) is 5.41 Å². The number of carbonyl (C=O) groups excluding carboxylic acids is 1. The highest BCUT2D eigenvalue weighted by Gasteiger charge is 2.61. The molecule has 3 rings (SSSR count). The molecule has 0 spiro atoms. The van der Waals surface area contributed by atoms with Crippen LogP contribution in [0.25, 0.3) is 0 Å². The van der Waals surface area contributed by atoms with Crippen LogP contribution in [0.1, 0.15) is 26.2 Å². The largest absolute Gasteiger partial charge is 0.355 e. The maximum Gasteiger partial charge on any atom is 0.226 e. The lowest BCUT2D eigenvalue weighted by atomic mass is 9.69. The van der Waals surface area contributed by atoms with Crippen LogP contribution in [0, 0.1) is 23.2 Å². The molecule has 2 saturated carbocycles. The maximum atomic E-state index is 11.7. The molecule has 3 aliphatic rings. The molecule has 2 nitrogen and oxygen atoms in total. The highest BCUT2D eigenvalue weighted by molar-refractivity contribution is 5.86. The van der Waals surface area contributed by atoms with Crippen LogP contribution >= 0.6 is 0 Å². The van der Waals surface area contributed by atoms with Gasteiger partial charge < -0.3 is 5.32 Å². The number of hydrogen-bond acceptors (Lipinski definition) is 1. The van der Waals surface area contributed by atoms with Crippen molar-refractivity contribution in [1.29, 1.82) is 0 Å². The van der Waals surface area contributed by atoms with Gasteiger partial charge in [0.25, 0.3) is 0 Å². The fraction of sp³-hybridized carbons (Fsp3) is 0.900. The molecule has 1 N–H and O–H groups in total. The minimum absolute atomic E-state index is 0.0307. The maximum absolute atomic E-state index is 11.7. The van der Waals surface area contributed by atoms with E-state index in [1.165, 1.54) is 19.3 Å². The van der Waals surface area contributed by atoms with Crippen LogP contribution in [0.5, 0.6) is 0 Å². The number of fused-ring (bicyclic) bond motifs is 5. The lowest BCUT2D eigenvalue weighted by molar-refractivity contribution is -0.130. The van der Waals surface area contributed by atoms with Crippen LogP contribution in [-0.4, -0.2) is 12.5 Å². The zero-order valence-electron chi connectivity index (χ0n) is 7.47. The molecule has 0 radical (unpaired) electrons. The van der Waals surface area contributed by atoms with Crippen LogP contribution in [0.3, 0.4) is 0 Å². The van der Waals surface area contributed by atoms with Gasteiger partial charge in [0.15, 0.2) is 0 Å². The van der Waals surface area contributed by atoms with Gasteiger partial charge in [0, 0.05) is 6.54 Å². The molecule has 2 heteroatoms. The second-order valence-electron chi connectivity index (χ2n) is 4.87. The monoisotopic (exact) mass is 165 g/mol. The Kier molecular flexibility index (Phi) is 1.07. The van der Waals surface area contributed by atoms with Gasteiger partial charge in [-0.2, -0.15) is 0 Å². The Labute approximate surface area is 72.7 Å². The lowest BCUT2D eigenvalue weighted by Crippen LogP contribution is -2.36. The highest BCUT2D eigenvalue weighted by atomic mass is 16.2. The predicted octanol–water partition coefficient (Wildman–Crippen LogP) is 1.17. The third-order valence-electron chi connectivity index (χ3n) is 4.63. The molecule has 2 aliphatic carbocycles. The van der Waals surface area contributed by atoms with Crippen LogP contribution in [-0.2, 0) is 4.79 Å². The first-order chi connectivity index (χ1) is 5.73. The molecule has 0 aromatic rings. The number of rotatable bonds is 0. The fourth-order valence-corrected chi connectivity index (χ4v) is 3.84. The first kappa shape index (κ1) is 6.93. The van der Waals surface area contributed by atoms with Crippen molar-refractivity contribution in [3.05, 3.63) is 0 Å². The standard InChI is InChI=1S/C10H15NO/c1-10-7-3-2-6(4-7)8(10)5-11-9(10)12/h6-8H,2-5H2,1H3,(H,11,12)/t6-,7+,8-,10+/m1/s1. The van der Waals surface area contributed by atoms with Gasteiger partial charge in [-0.05, 0) is 37.0 Å². The number of nitrogens with one attached hydrogen (secondary N) is 1. The Bertz CT molecular complexity index is 250. The third kappa shape index (κ3) is 0.540. The number of hydrogen-bond donors (Lipinski definition) is 1. The molecule has 0 aromatic heterocycles. The van der Waals surface area contributed by atoms with Crippen molar-refractivity contribution in [2.75, 3.05) is 6.54 Å². The average molecular weight is 165 g/mol. The summed E-state index contributed by atoms with van der Waals surface area (Å²) in [6, 6.07) is 0. The molecule has 1 saturated heterocycles. The summed E-state index contributed by atoms with van der Waals surface area (Å²) in [5.74, 6) is 2.57. The molecule has 3 fully saturated rings. The van der Waals surface area contributed by atoms with Crippen molar-refractivity contribution in [2.45, 2.75) is 26.2 Å². The minimum atomic E-state index is 0.0307. The van der Waals surface area contributed by atoms with E-state index in [0.717, 1.165) is 12.5 Å². The molecular formula is C10H15NO. The Hall–Kier alpha value is -0.530. The van der Waals surface area contributed by atoms with Gasteiger partial charge in [0.1, 0.15) is 0 Å². The molecule has 1 aliphatic heterocycles. The van der Waals surface area contributed by atoms with Crippen LogP contribution in [0.2, 0.25) is 0 Å². The van der Waals surface area contributed by atoms with Crippen LogP contribution in [0.15, 0.2) is 0 Å². The van der Waals surface area contributed by atoms with E-state index in [0.29, 0.717) is 17.7 Å². The van der Waals surface area contributed by atoms with E-state index in [9.17, 15) is 4.79 Å². The summed E-state index contributed by atoms with van der Waals surface area (Å²) >= 11 is 0. The average Bonchev–Trinajstić information content (AvgIpc) is 2.65. The molecule has 4 atom stereocenters. The SMILES string of the molecule is C[C@@]12C(=O)NC[C@@H]1[C@@H]1CC[C@H]2C1. The van der Waals surface area contributed by atoms with E-state index >= 15 is 0 Å². The zero-order chi connectivity index (χ0) is 8.34. The van der Waals surface area contributed by atoms with Gasteiger partial charge in [-0.3, -0.25) is 4.79 Å². The third-order valence-corrected chi connectivity index (χ3v) is 4.63. The van der Waals surface area contributed by atoms with Gasteiger partial charge in [-0.25, -0.2) is 0 Å². The number of amides is 1. The zero-order valence-corrected chi connectivity index (χ0v) is 7.47. The van der Waals surface area contributed by atoms with Crippen molar-refractivity contribution in [2.24, 2.45) is 23.2 Å². The van der Waals surface area contributed by atoms with E-state index in [1.54, 1.807) is 0 Å². The Morgan fingerprint density at radius 2 is 2.33 bits per heavy atom. The van der Waals surface area contributed by atoms with Gasteiger partial charge in [0.2, 0.25) is 5.91 Å². The van der Waals surface area contributed by atoms with Gasteiger partial charge in [-0.15, -0.1) is 0 Å². The summed E-state index contributed by atoms with van der Waals surface area (Å²) in [6.45, 7) is 3.14. The highest BCUT2D eigenvalue weighted by Crippen LogP contribution is 2.61. The van der Waals surface area contributed by atoms with E-state index in [4.69, 9.17) is 0 Å². The van der Waals surface area contributed by atoms with Crippen LogP contribution < -0.4 is 5.32 Å². The molecule has 1 amide bonds.